The van der Waals surface area contributed by atoms with Gasteiger partial charge in [0.25, 0.3) is 0 Å². The minimum absolute atomic E-state index is 0.0346. The number of ether oxygens (including phenoxy) is 1. The molecule has 4 nitrogen and oxygen atoms in total. The summed E-state index contributed by atoms with van der Waals surface area (Å²) < 4.78 is 5.74. The number of carboxylic acids is 1. The van der Waals surface area contributed by atoms with Crippen LogP contribution in [0.25, 0.3) is 0 Å². The molecule has 0 amide bonds. The predicted octanol–water partition coefficient (Wildman–Crippen LogP) is 4.95. The van der Waals surface area contributed by atoms with Gasteiger partial charge in [0.05, 0.1) is 10.8 Å². The molecular formula is C19H34O4. The van der Waals surface area contributed by atoms with Crippen molar-refractivity contribution in [2.24, 2.45) is 10.8 Å². The van der Waals surface area contributed by atoms with Crippen LogP contribution in [0.2, 0.25) is 0 Å². The number of carbonyl (C=O) groups is 2. The van der Waals surface area contributed by atoms with E-state index in [0.717, 1.165) is 51.4 Å². The van der Waals surface area contributed by atoms with Crippen LogP contribution < -0.4 is 0 Å². The number of carbonyl (C=O) groups excluding carboxylic acids is 1. The first-order valence-corrected chi connectivity index (χ1v) is 9.10. The van der Waals surface area contributed by atoms with Gasteiger partial charge < -0.3 is 9.84 Å². The summed E-state index contributed by atoms with van der Waals surface area (Å²) in [6.45, 7) is 7.51. The van der Waals surface area contributed by atoms with Crippen LogP contribution in [0.15, 0.2) is 0 Å². The van der Waals surface area contributed by atoms with Crippen LogP contribution in [0.3, 0.4) is 0 Å². The number of esters is 1. The lowest BCUT2D eigenvalue weighted by atomic mass is 9.87. The molecule has 0 bridgehead atoms. The summed E-state index contributed by atoms with van der Waals surface area (Å²) in [5, 5.41) is 9.11. The van der Waals surface area contributed by atoms with Gasteiger partial charge in [-0.3, -0.25) is 9.59 Å². The summed E-state index contributed by atoms with van der Waals surface area (Å²) in [4.78, 5) is 23.3. The van der Waals surface area contributed by atoms with Crippen molar-refractivity contribution in [1.82, 2.24) is 0 Å². The Morgan fingerprint density at radius 2 is 1.91 bits per heavy atom. The second-order valence-electron chi connectivity index (χ2n) is 8.30. The lowest BCUT2D eigenvalue weighted by molar-refractivity contribution is -0.160. The summed E-state index contributed by atoms with van der Waals surface area (Å²) in [5.74, 6) is -0.790. The molecule has 0 spiro atoms. The second-order valence-corrected chi connectivity index (χ2v) is 8.30. The smallest absolute Gasteiger partial charge is 0.311 e. The van der Waals surface area contributed by atoms with Gasteiger partial charge in [-0.25, -0.2) is 0 Å². The molecule has 1 aliphatic heterocycles. The molecule has 134 valence electrons. The monoisotopic (exact) mass is 326 g/mol. The Hall–Kier alpha value is -1.06. The van der Waals surface area contributed by atoms with Crippen LogP contribution in [0.5, 0.6) is 0 Å². The van der Waals surface area contributed by atoms with Crippen molar-refractivity contribution in [2.75, 3.05) is 0 Å². The molecule has 0 radical (unpaired) electrons. The fraction of sp³-hybridized carbons (Fsp3) is 0.895. The molecule has 23 heavy (non-hydrogen) atoms. The molecule has 0 saturated carbocycles. The summed E-state index contributed by atoms with van der Waals surface area (Å²) >= 11 is 0. The van der Waals surface area contributed by atoms with E-state index in [0.29, 0.717) is 6.42 Å². The van der Waals surface area contributed by atoms with Crippen molar-refractivity contribution >= 4 is 11.9 Å². The highest BCUT2D eigenvalue weighted by atomic mass is 16.5. The van der Waals surface area contributed by atoms with E-state index in [1.165, 1.54) is 6.42 Å². The molecule has 1 saturated heterocycles. The van der Waals surface area contributed by atoms with E-state index in [-0.39, 0.29) is 17.5 Å². The van der Waals surface area contributed by atoms with Gasteiger partial charge in [-0.1, -0.05) is 25.7 Å². The van der Waals surface area contributed by atoms with Crippen LogP contribution in [-0.2, 0) is 14.3 Å². The first-order chi connectivity index (χ1) is 10.6. The van der Waals surface area contributed by atoms with Crippen LogP contribution in [0.1, 0.15) is 91.9 Å². The van der Waals surface area contributed by atoms with Gasteiger partial charge in [0.2, 0.25) is 0 Å². The fourth-order valence-corrected chi connectivity index (χ4v) is 3.01. The van der Waals surface area contributed by atoms with Crippen molar-refractivity contribution in [1.29, 1.82) is 0 Å². The van der Waals surface area contributed by atoms with E-state index in [2.05, 4.69) is 0 Å². The van der Waals surface area contributed by atoms with Gasteiger partial charge in [-0.05, 0) is 66.2 Å². The molecular weight excluding hydrogens is 292 g/mol. The fourth-order valence-electron chi connectivity index (χ4n) is 3.01. The second kappa shape index (κ2) is 8.70. The van der Waals surface area contributed by atoms with E-state index in [1.807, 2.05) is 13.8 Å². The third-order valence-corrected chi connectivity index (χ3v) is 5.06. The summed E-state index contributed by atoms with van der Waals surface area (Å²) in [5.41, 5.74) is -1.01. The number of cyclic esters (lactones) is 1. The first kappa shape index (κ1) is 20.0. The zero-order chi connectivity index (χ0) is 17.5. The maximum atomic E-state index is 12.3. The maximum Gasteiger partial charge on any atom is 0.311 e. The van der Waals surface area contributed by atoms with Gasteiger partial charge in [0.15, 0.2) is 0 Å². The molecule has 1 aliphatic rings. The molecule has 0 aliphatic carbocycles. The molecule has 4 heteroatoms. The molecule has 1 heterocycles. The zero-order valence-corrected chi connectivity index (χ0v) is 15.3. The van der Waals surface area contributed by atoms with Gasteiger partial charge in [-0.2, -0.15) is 0 Å². The van der Waals surface area contributed by atoms with E-state index < -0.39 is 11.4 Å². The van der Waals surface area contributed by atoms with Crippen molar-refractivity contribution in [3.8, 4) is 0 Å². The van der Waals surface area contributed by atoms with Crippen LogP contribution in [0.4, 0.5) is 0 Å². The van der Waals surface area contributed by atoms with Crippen molar-refractivity contribution in [3.05, 3.63) is 0 Å². The van der Waals surface area contributed by atoms with Crippen LogP contribution >= 0.6 is 0 Å². The van der Waals surface area contributed by atoms with E-state index in [4.69, 9.17) is 9.84 Å². The summed E-state index contributed by atoms with van der Waals surface area (Å²) in [7, 11) is 0. The lowest BCUT2D eigenvalue weighted by Gasteiger charge is -2.25. The molecule has 1 atom stereocenters. The topological polar surface area (TPSA) is 63.6 Å². The Morgan fingerprint density at radius 3 is 2.57 bits per heavy atom. The lowest BCUT2D eigenvalue weighted by Crippen LogP contribution is -2.30. The number of unbranched alkanes of at least 4 members (excludes halogenated alkanes) is 2. The van der Waals surface area contributed by atoms with Crippen molar-refractivity contribution < 1.29 is 19.4 Å². The van der Waals surface area contributed by atoms with Gasteiger partial charge in [-0.15, -0.1) is 0 Å². The molecule has 0 aromatic rings. The Bertz CT molecular complexity index is 398. The van der Waals surface area contributed by atoms with Gasteiger partial charge in [0, 0.05) is 0 Å². The Kier molecular flexibility index (Phi) is 7.56. The maximum absolute atomic E-state index is 12.3. The predicted molar refractivity (Wildman–Crippen MR) is 91.2 cm³/mol. The Morgan fingerprint density at radius 1 is 1.22 bits per heavy atom. The molecule has 1 rings (SSSR count). The highest BCUT2D eigenvalue weighted by molar-refractivity contribution is 5.76. The molecule has 1 unspecified atom stereocenters. The first-order valence-electron chi connectivity index (χ1n) is 9.10. The van der Waals surface area contributed by atoms with Crippen LogP contribution in [-0.4, -0.2) is 23.1 Å². The number of aliphatic carboxylic acids is 1. The van der Waals surface area contributed by atoms with Crippen LogP contribution in [0, 0.1) is 10.8 Å². The third kappa shape index (κ3) is 6.92. The van der Waals surface area contributed by atoms with Gasteiger partial charge in [0.1, 0.15) is 6.10 Å². The molecule has 1 N–H and O–H groups in total. The molecule has 0 aromatic heterocycles. The zero-order valence-electron chi connectivity index (χ0n) is 15.3. The number of hydrogen-bond donors (Lipinski definition) is 1. The number of carboxylic acid groups (broad SMARTS) is 1. The Labute approximate surface area is 141 Å². The average molecular weight is 326 g/mol. The summed E-state index contributed by atoms with van der Waals surface area (Å²) in [6, 6.07) is 0. The molecule has 1 fully saturated rings. The third-order valence-electron chi connectivity index (χ3n) is 5.06. The minimum atomic E-state index is -0.732. The quantitative estimate of drug-likeness (QED) is 0.531. The average Bonchev–Trinajstić information content (AvgIpc) is 2.50. The molecule has 0 aromatic carbocycles. The van der Waals surface area contributed by atoms with E-state index >= 15 is 0 Å². The standard InChI is InChI=1S/C19H34O4/c1-18(2,16(20)21)13-9-5-7-11-15-12-8-6-10-14-19(3,4)17(22)23-15/h15H,5-14H2,1-4H3,(H,20,21). The van der Waals surface area contributed by atoms with Crippen molar-refractivity contribution in [3.63, 3.8) is 0 Å². The van der Waals surface area contributed by atoms with Crippen molar-refractivity contribution in [2.45, 2.75) is 98.0 Å². The largest absolute Gasteiger partial charge is 0.481 e. The minimum Gasteiger partial charge on any atom is -0.481 e. The van der Waals surface area contributed by atoms with E-state index in [1.54, 1.807) is 13.8 Å². The highest BCUT2D eigenvalue weighted by Crippen LogP contribution is 2.30. The van der Waals surface area contributed by atoms with E-state index in [9.17, 15) is 9.59 Å². The summed E-state index contributed by atoms with van der Waals surface area (Å²) in [6.07, 6.45) is 9.78. The highest BCUT2D eigenvalue weighted by Gasteiger charge is 2.32. The van der Waals surface area contributed by atoms with Gasteiger partial charge >= 0.3 is 11.9 Å². The normalized spacial score (nSPS) is 22.6. The number of hydrogen-bond acceptors (Lipinski definition) is 3. The Balaban J connectivity index is 2.35. The number of rotatable bonds is 7. The SMILES string of the molecule is CC(C)(CCCCCC1CCCCCC(C)(C)C(=O)O1)C(=O)O.